The molecule has 6 nitrogen and oxygen atoms in total. The number of nitrogens with zero attached hydrogens (tertiary/aromatic N) is 3. The fraction of sp³-hybridized carbons (Fsp3) is 0.421. The lowest BCUT2D eigenvalue weighted by atomic mass is 10.1. The van der Waals surface area contributed by atoms with E-state index in [9.17, 15) is 4.79 Å². The van der Waals surface area contributed by atoms with Gasteiger partial charge in [-0.05, 0) is 26.0 Å². The van der Waals surface area contributed by atoms with Crippen molar-refractivity contribution in [2.45, 2.75) is 38.9 Å². The molecule has 0 radical (unpaired) electrons. The maximum Gasteiger partial charge on any atom is 0.263 e. The average molecular weight is 341 g/mol. The molecule has 6 heteroatoms. The van der Waals surface area contributed by atoms with Gasteiger partial charge in [0.1, 0.15) is 17.7 Å². The normalized spacial score (nSPS) is 16.3. The van der Waals surface area contributed by atoms with E-state index in [4.69, 9.17) is 9.47 Å². The lowest BCUT2D eigenvalue weighted by Gasteiger charge is -2.33. The molecule has 25 heavy (non-hydrogen) atoms. The van der Waals surface area contributed by atoms with Crippen molar-refractivity contribution < 1.29 is 14.3 Å². The molecular weight excluding hydrogens is 318 g/mol. The Morgan fingerprint density at radius 2 is 1.92 bits per heavy atom. The second-order valence-corrected chi connectivity index (χ2v) is 6.16. The Labute approximate surface area is 147 Å². The van der Waals surface area contributed by atoms with Gasteiger partial charge in [-0.2, -0.15) is 4.98 Å². The van der Waals surface area contributed by atoms with Crippen LogP contribution in [0.15, 0.2) is 42.6 Å². The first-order valence-electron chi connectivity index (χ1n) is 8.58. The maximum atomic E-state index is 12.6. The minimum absolute atomic E-state index is 0.0141. The molecule has 0 aliphatic carbocycles. The highest BCUT2D eigenvalue weighted by molar-refractivity contribution is 5.81. The van der Waals surface area contributed by atoms with E-state index >= 15 is 0 Å². The summed E-state index contributed by atoms with van der Waals surface area (Å²) in [5.74, 6) is 2.01. The molecular formula is C19H23N3O3. The van der Waals surface area contributed by atoms with Gasteiger partial charge in [-0.15, -0.1) is 0 Å². The highest BCUT2D eigenvalue weighted by Crippen LogP contribution is 2.19. The SMILES string of the molecule is Cc1nccc(OC2CCN(C(=O)[C@@H](C)Oc3ccccc3)CC2)n1. The third-order valence-electron chi connectivity index (χ3n) is 4.20. The van der Waals surface area contributed by atoms with Gasteiger partial charge in [-0.3, -0.25) is 4.79 Å². The molecule has 1 fully saturated rings. The van der Waals surface area contributed by atoms with Gasteiger partial charge >= 0.3 is 0 Å². The van der Waals surface area contributed by atoms with E-state index in [1.54, 1.807) is 19.2 Å². The van der Waals surface area contributed by atoms with E-state index in [1.807, 2.05) is 42.2 Å². The molecule has 1 aliphatic heterocycles. The van der Waals surface area contributed by atoms with E-state index in [0.29, 0.717) is 30.5 Å². The molecule has 1 amide bonds. The Morgan fingerprint density at radius 1 is 1.20 bits per heavy atom. The van der Waals surface area contributed by atoms with E-state index in [0.717, 1.165) is 12.8 Å². The number of aromatic nitrogens is 2. The first kappa shape index (κ1) is 17.2. The van der Waals surface area contributed by atoms with Crippen LogP contribution >= 0.6 is 0 Å². The molecule has 1 aromatic carbocycles. The lowest BCUT2D eigenvalue weighted by molar-refractivity contribution is -0.139. The number of amides is 1. The molecule has 2 aromatic rings. The quantitative estimate of drug-likeness (QED) is 0.836. The molecule has 1 aliphatic rings. The highest BCUT2D eigenvalue weighted by Gasteiger charge is 2.28. The second-order valence-electron chi connectivity index (χ2n) is 6.16. The summed E-state index contributed by atoms with van der Waals surface area (Å²) in [6.07, 6.45) is 2.84. The van der Waals surface area contributed by atoms with E-state index in [2.05, 4.69) is 9.97 Å². The van der Waals surface area contributed by atoms with E-state index in [1.165, 1.54) is 0 Å². The standard InChI is InChI=1S/C19H23N3O3/c1-14(24-16-6-4-3-5-7-16)19(23)22-12-9-17(10-13-22)25-18-8-11-20-15(2)21-18/h3-8,11,14,17H,9-10,12-13H2,1-2H3/t14-/m1/s1. The summed E-state index contributed by atoms with van der Waals surface area (Å²) in [4.78, 5) is 22.7. The van der Waals surface area contributed by atoms with Crippen molar-refractivity contribution in [3.8, 4) is 11.6 Å². The number of hydrogen-bond donors (Lipinski definition) is 0. The van der Waals surface area contributed by atoms with Crippen LogP contribution in [0.3, 0.4) is 0 Å². The Hall–Kier alpha value is -2.63. The summed E-state index contributed by atoms with van der Waals surface area (Å²) in [5, 5.41) is 0. The first-order valence-corrected chi connectivity index (χ1v) is 8.58. The van der Waals surface area contributed by atoms with Crippen LogP contribution in [0.2, 0.25) is 0 Å². The van der Waals surface area contributed by atoms with E-state index < -0.39 is 6.10 Å². The number of hydrogen-bond acceptors (Lipinski definition) is 5. The molecule has 0 saturated carbocycles. The summed E-state index contributed by atoms with van der Waals surface area (Å²) >= 11 is 0. The van der Waals surface area contributed by atoms with Gasteiger partial charge in [0.25, 0.3) is 5.91 Å². The Bertz CT molecular complexity index is 700. The Kier molecular flexibility index (Phi) is 5.48. The van der Waals surface area contributed by atoms with Crippen LogP contribution in [-0.2, 0) is 4.79 Å². The number of piperidine rings is 1. The average Bonchev–Trinajstić information content (AvgIpc) is 2.62. The van der Waals surface area contributed by atoms with Gasteiger partial charge < -0.3 is 14.4 Å². The van der Waals surface area contributed by atoms with Crippen LogP contribution in [-0.4, -0.2) is 46.1 Å². The fourth-order valence-electron chi connectivity index (χ4n) is 2.88. The van der Waals surface area contributed by atoms with E-state index in [-0.39, 0.29) is 12.0 Å². The number of carbonyl (C=O) groups is 1. The fourth-order valence-corrected chi connectivity index (χ4v) is 2.88. The Balaban J connectivity index is 1.49. The molecule has 132 valence electrons. The van der Waals surface area contributed by atoms with Crippen LogP contribution in [0.5, 0.6) is 11.6 Å². The number of ether oxygens (including phenoxy) is 2. The molecule has 2 heterocycles. The summed E-state index contributed by atoms with van der Waals surface area (Å²) in [6, 6.07) is 11.2. The van der Waals surface area contributed by atoms with Crippen molar-refractivity contribution in [1.82, 2.24) is 14.9 Å². The molecule has 0 unspecified atom stereocenters. The molecule has 1 atom stereocenters. The zero-order chi connectivity index (χ0) is 17.6. The van der Waals surface area contributed by atoms with Gasteiger partial charge in [0.15, 0.2) is 6.10 Å². The molecule has 3 rings (SSSR count). The monoisotopic (exact) mass is 341 g/mol. The number of para-hydroxylation sites is 1. The van der Waals surface area contributed by atoms with Crippen LogP contribution in [0.1, 0.15) is 25.6 Å². The zero-order valence-corrected chi connectivity index (χ0v) is 14.6. The largest absolute Gasteiger partial charge is 0.481 e. The van der Waals surface area contributed by atoms with Crippen LogP contribution in [0.4, 0.5) is 0 Å². The topological polar surface area (TPSA) is 64.5 Å². The number of carbonyl (C=O) groups excluding carboxylic acids is 1. The smallest absolute Gasteiger partial charge is 0.263 e. The minimum atomic E-state index is -0.496. The predicted molar refractivity (Wildman–Crippen MR) is 93.5 cm³/mol. The van der Waals surface area contributed by atoms with Crippen molar-refractivity contribution in [1.29, 1.82) is 0 Å². The van der Waals surface area contributed by atoms with Crippen molar-refractivity contribution in [2.24, 2.45) is 0 Å². The number of likely N-dealkylation sites (tertiary alicyclic amines) is 1. The van der Waals surface area contributed by atoms with Gasteiger partial charge in [-0.25, -0.2) is 4.98 Å². The summed E-state index contributed by atoms with van der Waals surface area (Å²) in [6.45, 7) is 4.95. The summed E-state index contributed by atoms with van der Waals surface area (Å²) in [7, 11) is 0. The molecule has 0 spiro atoms. The lowest BCUT2D eigenvalue weighted by Crippen LogP contribution is -2.46. The third-order valence-corrected chi connectivity index (χ3v) is 4.20. The highest BCUT2D eigenvalue weighted by atomic mass is 16.5. The first-order chi connectivity index (χ1) is 12.1. The van der Waals surface area contributed by atoms with Crippen molar-refractivity contribution >= 4 is 5.91 Å². The number of benzene rings is 1. The zero-order valence-electron chi connectivity index (χ0n) is 14.6. The van der Waals surface area contributed by atoms with Crippen molar-refractivity contribution in [3.05, 3.63) is 48.4 Å². The van der Waals surface area contributed by atoms with Crippen LogP contribution in [0, 0.1) is 6.92 Å². The van der Waals surface area contributed by atoms with Crippen molar-refractivity contribution in [3.63, 3.8) is 0 Å². The van der Waals surface area contributed by atoms with Crippen molar-refractivity contribution in [2.75, 3.05) is 13.1 Å². The van der Waals surface area contributed by atoms with Gasteiger partial charge in [-0.1, -0.05) is 18.2 Å². The minimum Gasteiger partial charge on any atom is -0.481 e. The van der Waals surface area contributed by atoms with Crippen LogP contribution in [0.25, 0.3) is 0 Å². The Morgan fingerprint density at radius 3 is 2.60 bits per heavy atom. The molecule has 1 aromatic heterocycles. The predicted octanol–water partition coefficient (Wildman–Crippen LogP) is 2.62. The maximum absolute atomic E-state index is 12.6. The number of aryl methyl sites for hydroxylation is 1. The number of rotatable bonds is 5. The molecule has 0 N–H and O–H groups in total. The molecule has 0 bridgehead atoms. The third kappa shape index (κ3) is 4.68. The van der Waals surface area contributed by atoms with Crippen LogP contribution < -0.4 is 9.47 Å². The van der Waals surface area contributed by atoms with Gasteiger partial charge in [0.2, 0.25) is 5.88 Å². The molecule has 1 saturated heterocycles. The second kappa shape index (κ2) is 7.96. The summed E-state index contributed by atoms with van der Waals surface area (Å²) < 4.78 is 11.6. The summed E-state index contributed by atoms with van der Waals surface area (Å²) in [5.41, 5.74) is 0. The van der Waals surface area contributed by atoms with Gasteiger partial charge in [0, 0.05) is 38.2 Å². The van der Waals surface area contributed by atoms with Gasteiger partial charge in [0.05, 0.1) is 0 Å².